The molecule has 2 aromatic rings. The summed E-state index contributed by atoms with van der Waals surface area (Å²) in [5, 5.41) is 0.592. The molecule has 2 aromatic carbocycles. The zero-order valence-electron chi connectivity index (χ0n) is 16.5. The number of carbonyl (C=O) groups is 2. The number of carbonyl (C=O) groups excluding carboxylic acids is 2. The smallest absolute Gasteiger partial charge is 0.266 e. The van der Waals surface area contributed by atoms with Gasteiger partial charge >= 0.3 is 0 Å². The van der Waals surface area contributed by atoms with Gasteiger partial charge in [-0.05, 0) is 62.4 Å². The second kappa shape index (κ2) is 8.33. The average Bonchev–Trinajstić information content (AvgIpc) is 2.68. The van der Waals surface area contributed by atoms with Gasteiger partial charge in [-0.25, -0.2) is 0 Å². The molecule has 6 heteroatoms. The zero-order valence-corrected chi connectivity index (χ0v) is 17.3. The minimum Gasteiger partial charge on any atom is -0.478 e. The first-order valence-electron chi connectivity index (χ1n) is 9.46. The Bertz CT molecular complexity index is 839. The minimum absolute atomic E-state index is 0.0127. The Morgan fingerprint density at radius 1 is 0.964 bits per heavy atom. The van der Waals surface area contributed by atoms with Crippen molar-refractivity contribution in [3.63, 3.8) is 0 Å². The van der Waals surface area contributed by atoms with Crippen molar-refractivity contribution in [2.24, 2.45) is 0 Å². The first-order valence-corrected chi connectivity index (χ1v) is 9.84. The van der Waals surface area contributed by atoms with Crippen LogP contribution in [0.5, 0.6) is 5.75 Å². The first kappa shape index (κ1) is 20.4. The number of nitrogens with zero attached hydrogens (tertiary/aromatic N) is 1. The number of amides is 1. The van der Waals surface area contributed by atoms with E-state index >= 15 is 0 Å². The number of ketones is 1. The maximum absolute atomic E-state index is 12.8. The lowest BCUT2D eigenvalue weighted by molar-refractivity contribution is -0.883. The first-order chi connectivity index (χ1) is 13.3. The minimum atomic E-state index is -0.965. The Kier molecular flexibility index (Phi) is 6.06. The highest BCUT2D eigenvalue weighted by Gasteiger charge is 2.36. The molecule has 5 nitrogen and oxygen atoms in total. The molecule has 0 aromatic heterocycles. The van der Waals surface area contributed by atoms with Crippen LogP contribution in [0.1, 0.15) is 29.8 Å². The van der Waals surface area contributed by atoms with Crippen LogP contribution in [0, 0.1) is 0 Å². The summed E-state index contributed by atoms with van der Waals surface area (Å²) in [7, 11) is 2.14. The summed E-state index contributed by atoms with van der Waals surface area (Å²) >= 11 is 5.87. The Labute approximate surface area is 170 Å². The number of ether oxygens (including phenoxy) is 1. The predicted molar refractivity (Wildman–Crippen MR) is 109 cm³/mol. The van der Waals surface area contributed by atoms with Gasteiger partial charge < -0.3 is 14.5 Å². The highest BCUT2D eigenvalue weighted by molar-refractivity contribution is 6.30. The van der Waals surface area contributed by atoms with Crippen molar-refractivity contribution < 1.29 is 19.2 Å². The molecule has 1 aliphatic heterocycles. The van der Waals surface area contributed by atoms with Crippen LogP contribution in [0.3, 0.4) is 0 Å². The van der Waals surface area contributed by atoms with Gasteiger partial charge in [0.05, 0.1) is 33.2 Å². The Morgan fingerprint density at radius 3 is 2.00 bits per heavy atom. The summed E-state index contributed by atoms with van der Waals surface area (Å²) in [6.07, 6.45) is 0. The van der Waals surface area contributed by atoms with E-state index in [0.717, 1.165) is 26.2 Å². The van der Waals surface area contributed by atoms with Gasteiger partial charge in [0.2, 0.25) is 0 Å². The van der Waals surface area contributed by atoms with Crippen molar-refractivity contribution >= 4 is 23.3 Å². The molecule has 0 bridgehead atoms. The van der Waals surface area contributed by atoms with Crippen molar-refractivity contribution in [2.75, 3.05) is 33.2 Å². The van der Waals surface area contributed by atoms with E-state index in [4.69, 9.17) is 16.3 Å². The third-order valence-electron chi connectivity index (χ3n) is 5.02. The molecule has 0 unspecified atom stereocenters. The van der Waals surface area contributed by atoms with Crippen LogP contribution < -0.4 is 9.64 Å². The molecule has 1 amide bonds. The molecule has 1 N–H and O–H groups in total. The summed E-state index contributed by atoms with van der Waals surface area (Å²) in [4.78, 5) is 28.7. The quantitative estimate of drug-likeness (QED) is 0.780. The molecule has 0 spiro atoms. The zero-order chi connectivity index (χ0) is 20.3. The fourth-order valence-electron chi connectivity index (χ4n) is 3.25. The van der Waals surface area contributed by atoms with Crippen LogP contribution >= 0.6 is 11.6 Å². The third kappa shape index (κ3) is 4.72. The van der Waals surface area contributed by atoms with Gasteiger partial charge in [0, 0.05) is 16.1 Å². The summed E-state index contributed by atoms with van der Waals surface area (Å²) in [5.74, 6) is 0.463. The van der Waals surface area contributed by atoms with Crippen molar-refractivity contribution in [1.29, 1.82) is 0 Å². The topological polar surface area (TPSA) is 51.1 Å². The van der Waals surface area contributed by atoms with Crippen molar-refractivity contribution in [3.05, 3.63) is 64.7 Å². The number of nitrogens with one attached hydrogen (secondary N) is 1. The van der Waals surface area contributed by atoms with Crippen molar-refractivity contribution in [1.82, 2.24) is 4.90 Å². The number of halogens is 1. The number of benzene rings is 2. The molecule has 0 aliphatic carbocycles. The monoisotopic (exact) mass is 401 g/mol. The normalized spacial score (nSPS) is 15.4. The van der Waals surface area contributed by atoms with E-state index in [9.17, 15) is 9.59 Å². The lowest BCUT2D eigenvalue weighted by atomic mass is 10.0. The van der Waals surface area contributed by atoms with Crippen LogP contribution in [0.15, 0.2) is 48.5 Å². The standard InChI is InChI=1S/C22H25ClN2O3/c1-22(2,21(27)25-14-12-24(3)13-15-25)28-19-10-6-17(7-11-19)20(26)16-4-8-18(23)9-5-16/h4-11H,12-15H2,1-3H3/p+1. The Morgan fingerprint density at radius 2 is 1.46 bits per heavy atom. The van der Waals surface area contributed by atoms with E-state index in [1.54, 1.807) is 62.4 Å². The molecule has 1 saturated heterocycles. The molecule has 1 aliphatic rings. The number of piperazine rings is 1. The Hall–Kier alpha value is -2.37. The molecule has 148 valence electrons. The van der Waals surface area contributed by atoms with E-state index in [2.05, 4.69) is 7.05 Å². The maximum atomic E-state index is 12.8. The van der Waals surface area contributed by atoms with E-state index in [0.29, 0.717) is 21.9 Å². The highest BCUT2D eigenvalue weighted by Crippen LogP contribution is 2.22. The van der Waals surface area contributed by atoms with Gasteiger partial charge in [0.25, 0.3) is 5.91 Å². The molecule has 28 heavy (non-hydrogen) atoms. The molecule has 1 heterocycles. The second-order valence-corrected chi connectivity index (χ2v) is 8.16. The molecular formula is C22H26ClN2O3+. The fourth-order valence-corrected chi connectivity index (χ4v) is 3.38. The van der Waals surface area contributed by atoms with Crippen LogP contribution in [0.2, 0.25) is 5.02 Å². The fraction of sp³-hybridized carbons (Fsp3) is 0.364. The average molecular weight is 402 g/mol. The summed E-state index contributed by atoms with van der Waals surface area (Å²) in [6, 6.07) is 13.7. The molecular weight excluding hydrogens is 376 g/mol. The highest BCUT2D eigenvalue weighted by atomic mass is 35.5. The Balaban J connectivity index is 1.66. The van der Waals surface area contributed by atoms with Gasteiger partial charge in [-0.1, -0.05) is 11.6 Å². The van der Waals surface area contributed by atoms with Crippen LogP contribution in [-0.4, -0.2) is 55.4 Å². The number of hydrogen-bond acceptors (Lipinski definition) is 3. The van der Waals surface area contributed by atoms with Crippen LogP contribution in [0.4, 0.5) is 0 Å². The molecule has 3 rings (SSSR count). The van der Waals surface area contributed by atoms with Crippen molar-refractivity contribution in [2.45, 2.75) is 19.4 Å². The third-order valence-corrected chi connectivity index (χ3v) is 5.27. The second-order valence-electron chi connectivity index (χ2n) is 7.72. The predicted octanol–water partition coefficient (Wildman–Crippen LogP) is 2.09. The summed E-state index contributed by atoms with van der Waals surface area (Å²) in [5.41, 5.74) is 0.166. The summed E-state index contributed by atoms with van der Waals surface area (Å²) in [6.45, 7) is 6.95. The van der Waals surface area contributed by atoms with E-state index in [-0.39, 0.29) is 11.7 Å². The van der Waals surface area contributed by atoms with Crippen molar-refractivity contribution in [3.8, 4) is 5.75 Å². The van der Waals surface area contributed by atoms with Gasteiger partial charge in [-0.2, -0.15) is 0 Å². The largest absolute Gasteiger partial charge is 0.478 e. The number of likely N-dealkylation sites (N-methyl/N-ethyl adjacent to an activating group) is 1. The SMILES string of the molecule is C[NH+]1CCN(C(=O)C(C)(C)Oc2ccc(C(=O)c3ccc(Cl)cc3)cc2)CC1. The van der Waals surface area contributed by atoms with E-state index in [1.807, 2.05) is 4.90 Å². The van der Waals surface area contributed by atoms with E-state index in [1.165, 1.54) is 4.90 Å². The molecule has 1 fully saturated rings. The lowest BCUT2D eigenvalue weighted by Gasteiger charge is -2.35. The van der Waals surface area contributed by atoms with E-state index < -0.39 is 5.60 Å². The number of rotatable bonds is 5. The molecule has 0 radical (unpaired) electrons. The number of quaternary nitrogens is 1. The maximum Gasteiger partial charge on any atom is 0.266 e. The molecule has 0 atom stereocenters. The van der Waals surface area contributed by atoms with Gasteiger partial charge in [0.1, 0.15) is 5.75 Å². The van der Waals surface area contributed by atoms with Crippen LogP contribution in [0.25, 0.3) is 0 Å². The van der Waals surface area contributed by atoms with Gasteiger partial charge in [-0.3, -0.25) is 9.59 Å². The lowest BCUT2D eigenvalue weighted by Crippen LogP contribution is -3.12. The number of hydrogen-bond donors (Lipinski definition) is 1. The van der Waals surface area contributed by atoms with Gasteiger partial charge in [0.15, 0.2) is 11.4 Å². The summed E-state index contributed by atoms with van der Waals surface area (Å²) < 4.78 is 5.97. The molecule has 0 saturated carbocycles. The van der Waals surface area contributed by atoms with Crippen LogP contribution in [-0.2, 0) is 4.79 Å². The van der Waals surface area contributed by atoms with Gasteiger partial charge in [-0.15, -0.1) is 0 Å².